The standard InChI is InChI=1S/C14H13ClN2O3/c15-13-7-10(8-16)4-5-14(13)20-9-11-2-1-3-12(6-11)17(18)19/h1-7H,8-9,16H2. The minimum absolute atomic E-state index is 0.0377. The van der Waals surface area contributed by atoms with Gasteiger partial charge in [0.15, 0.2) is 0 Å². The number of benzene rings is 2. The van der Waals surface area contributed by atoms with E-state index < -0.39 is 4.92 Å². The smallest absolute Gasteiger partial charge is 0.269 e. The fraction of sp³-hybridized carbons (Fsp3) is 0.143. The molecule has 6 heteroatoms. The summed E-state index contributed by atoms with van der Waals surface area (Å²) in [5.41, 5.74) is 7.17. The molecule has 2 aromatic rings. The molecule has 0 aliphatic rings. The fourth-order valence-electron chi connectivity index (χ4n) is 1.71. The molecule has 0 atom stereocenters. The van der Waals surface area contributed by atoms with Crippen LogP contribution in [0.25, 0.3) is 0 Å². The van der Waals surface area contributed by atoms with E-state index in [0.717, 1.165) is 5.56 Å². The SMILES string of the molecule is NCc1ccc(OCc2cccc([N+](=O)[O-])c2)c(Cl)c1. The summed E-state index contributed by atoms with van der Waals surface area (Å²) in [7, 11) is 0. The molecule has 2 N–H and O–H groups in total. The predicted octanol–water partition coefficient (Wildman–Crippen LogP) is 3.29. The highest BCUT2D eigenvalue weighted by Crippen LogP contribution is 2.26. The van der Waals surface area contributed by atoms with Crippen molar-refractivity contribution in [2.75, 3.05) is 0 Å². The minimum Gasteiger partial charge on any atom is -0.487 e. The molecule has 0 spiro atoms. The second kappa shape index (κ2) is 6.36. The molecule has 20 heavy (non-hydrogen) atoms. The molecule has 0 saturated carbocycles. The van der Waals surface area contributed by atoms with E-state index in [-0.39, 0.29) is 12.3 Å². The van der Waals surface area contributed by atoms with E-state index in [1.54, 1.807) is 24.3 Å². The fourth-order valence-corrected chi connectivity index (χ4v) is 1.97. The van der Waals surface area contributed by atoms with Gasteiger partial charge >= 0.3 is 0 Å². The topological polar surface area (TPSA) is 78.4 Å². The lowest BCUT2D eigenvalue weighted by atomic mass is 10.2. The van der Waals surface area contributed by atoms with Crippen LogP contribution in [0.3, 0.4) is 0 Å². The van der Waals surface area contributed by atoms with Gasteiger partial charge < -0.3 is 10.5 Å². The van der Waals surface area contributed by atoms with Gasteiger partial charge in [-0.2, -0.15) is 0 Å². The van der Waals surface area contributed by atoms with Crippen molar-refractivity contribution in [3.05, 3.63) is 68.7 Å². The van der Waals surface area contributed by atoms with E-state index in [1.165, 1.54) is 12.1 Å². The number of non-ortho nitro benzene ring substituents is 1. The van der Waals surface area contributed by atoms with Crippen molar-refractivity contribution in [3.8, 4) is 5.75 Å². The molecule has 2 rings (SSSR count). The van der Waals surface area contributed by atoms with Crippen molar-refractivity contribution in [1.82, 2.24) is 0 Å². The summed E-state index contributed by atoms with van der Waals surface area (Å²) in [6.07, 6.45) is 0. The number of nitro benzene ring substituents is 1. The Kier molecular flexibility index (Phi) is 4.55. The molecule has 0 saturated heterocycles. The molecule has 0 aliphatic heterocycles. The van der Waals surface area contributed by atoms with Gasteiger partial charge in [0.2, 0.25) is 0 Å². The van der Waals surface area contributed by atoms with Crippen LogP contribution in [0.4, 0.5) is 5.69 Å². The van der Waals surface area contributed by atoms with E-state index in [4.69, 9.17) is 22.1 Å². The number of nitrogens with zero attached hydrogens (tertiary/aromatic N) is 1. The quantitative estimate of drug-likeness (QED) is 0.677. The van der Waals surface area contributed by atoms with E-state index in [1.807, 2.05) is 6.07 Å². The summed E-state index contributed by atoms with van der Waals surface area (Å²) >= 11 is 6.07. The van der Waals surface area contributed by atoms with Crippen LogP contribution in [0.2, 0.25) is 5.02 Å². The molecule has 0 radical (unpaired) electrons. The molecule has 0 aromatic heterocycles. The summed E-state index contributed by atoms with van der Waals surface area (Å²) in [4.78, 5) is 10.2. The zero-order valence-corrected chi connectivity index (χ0v) is 11.3. The molecule has 2 aromatic carbocycles. The molecule has 104 valence electrons. The maximum atomic E-state index is 10.7. The lowest BCUT2D eigenvalue weighted by Crippen LogP contribution is -1.99. The lowest BCUT2D eigenvalue weighted by Gasteiger charge is -2.09. The first-order chi connectivity index (χ1) is 9.60. The third kappa shape index (κ3) is 3.46. The number of nitrogens with two attached hydrogens (primary N) is 1. The molecule has 0 heterocycles. The Bertz CT molecular complexity index is 632. The van der Waals surface area contributed by atoms with Gasteiger partial charge in [-0.1, -0.05) is 29.8 Å². The summed E-state index contributed by atoms with van der Waals surface area (Å²) in [6, 6.07) is 11.6. The Balaban J connectivity index is 2.09. The van der Waals surface area contributed by atoms with Gasteiger partial charge in [-0.3, -0.25) is 10.1 Å². The van der Waals surface area contributed by atoms with Crippen molar-refractivity contribution in [2.24, 2.45) is 5.73 Å². The van der Waals surface area contributed by atoms with Crippen LogP contribution >= 0.6 is 11.6 Å². The lowest BCUT2D eigenvalue weighted by molar-refractivity contribution is -0.384. The average molecular weight is 293 g/mol. The largest absolute Gasteiger partial charge is 0.487 e. The van der Waals surface area contributed by atoms with Crippen molar-refractivity contribution < 1.29 is 9.66 Å². The van der Waals surface area contributed by atoms with Gasteiger partial charge in [0.05, 0.1) is 9.95 Å². The van der Waals surface area contributed by atoms with Crippen LogP contribution < -0.4 is 10.5 Å². The summed E-state index contributed by atoms with van der Waals surface area (Å²) in [5, 5.41) is 11.2. The van der Waals surface area contributed by atoms with Gasteiger partial charge in [-0.15, -0.1) is 0 Å². The van der Waals surface area contributed by atoms with Crippen LogP contribution in [0.5, 0.6) is 5.75 Å². The van der Waals surface area contributed by atoms with Crippen LogP contribution in [-0.4, -0.2) is 4.92 Å². The van der Waals surface area contributed by atoms with Crippen molar-refractivity contribution >= 4 is 17.3 Å². The number of nitro groups is 1. The molecule has 0 aliphatic carbocycles. The Hall–Kier alpha value is -2.11. The van der Waals surface area contributed by atoms with Crippen molar-refractivity contribution in [3.63, 3.8) is 0 Å². The number of halogens is 1. The molecule has 0 fully saturated rings. The Morgan fingerprint density at radius 1 is 1.20 bits per heavy atom. The van der Waals surface area contributed by atoms with E-state index in [2.05, 4.69) is 0 Å². The number of ether oxygens (including phenoxy) is 1. The Morgan fingerprint density at radius 3 is 2.65 bits per heavy atom. The molecular formula is C14H13ClN2O3. The van der Waals surface area contributed by atoms with E-state index in [0.29, 0.717) is 22.9 Å². The highest BCUT2D eigenvalue weighted by Gasteiger charge is 2.07. The highest BCUT2D eigenvalue weighted by molar-refractivity contribution is 6.32. The summed E-state index contributed by atoms with van der Waals surface area (Å²) < 4.78 is 5.56. The maximum absolute atomic E-state index is 10.7. The van der Waals surface area contributed by atoms with E-state index in [9.17, 15) is 10.1 Å². The van der Waals surface area contributed by atoms with Gasteiger partial charge in [0, 0.05) is 18.7 Å². The minimum atomic E-state index is -0.438. The van der Waals surface area contributed by atoms with Gasteiger partial charge in [0.1, 0.15) is 12.4 Å². The first-order valence-electron chi connectivity index (χ1n) is 5.95. The van der Waals surface area contributed by atoms with Gasteiger partial charge in [0.25, 0.3) is 5.69 Å². The number of hydrogen-bond donors (Lipinski definition) is 1. The molecule has 0 bridgehead atoms. The summed E-state index contributed by atoms with van der Waals surface area (Å²) in [5.74, 6) is 0.523. The third-order valence-electron chi connectivity index (χ3n) is 2.75. The normalized spacial score (nSPS) is 10.3. The van der Waals surface area contributed by atoms with Crippen LogP contribution in [0.1, 0.15) is 11.1 Å². The van der Waals surface area contributed by atoms with Crippen LogP contribution in [-0.2, 0) is 13.2 Å². The second-order valence-corrected chi connectivity index (χ2v) is 4.59. The number of rotatable bonds is 5. The van der Waals surface area contributed by atoms with Crippen molar-refractivity contribution in [1.29, 1.82) is 0 Å². The zero-order valence-electron chi connectivity index (χ0n) is 10.6. The summed E-state index contributed by atoms with van der Waals surface area (Å²) in [6.45, 7) is 0.619. The predicted molar refractivity (Wildman–Crippen MR) is 76.8 cm³/mol. The molecular weight excluding hydrogens is 280 g/mol. The second-order valence-electron chi connectivity index (χ2n) is 4.18. The van der Waals surface area contributed by atoms with Crippen LogP contribution in [0, 0.1) is 10.1 Å². The monoisotopic (exact) mass is 292 g/mol. The van der Waals surface area contributed by atoms with Crippen molar-refractivity contribution in [2.45, 2.75) is 13.2 Å². The van der Waals surface area contributed by atoms with Gasteiger partial charge in [-0.05, 0) is 23.3 Å². The van der Waals surface area contributed by atoms with E-state index >= 15 is 0 Å². The highest BCUT2D eigenvalue weighted by atomic mass is 35.5. The van der Waals surface area contributed by atoms with Crippen LogP contribution in [0.15, 0.2) is 42.5 Å². The average Bonchev–Trinajstić information content (AvgIpc) is 2.46. The molecule has 0 amide bonds. The number of hydrogen-bond acceptors (Lipinski definition) is 4. The third-order valence-corrected chi connectivity index (χ3v) is 3.04. The molecule has 5 nitrogen and oxygen atoms in total. The molecule has 0 unspecified atom stereocenters. The van der Waals surface area contributed by atoms with Gasteiger partial charge in [-0.25, -0.2) is 0 Å². The Morgan fingerprint density at radius 2 is 2.00 bits per heavy atom. The first-order valence-corrected chi connectivity index (χ1v) is 6.32. The first kappa shape index (κ1) is 14.3. The zero-order chi connectivity index (χ0) is 14.5. The Labute approximate surface area is 121 Å². The maximum Gasteiger partial charge on any atom is 0.269 e.